The second kappa shape index (κ2) is 44.7. The van der Waals surface area contributed by atoms with E-state index in [-0.39, 0.29) is 26.4 Å². The van der Waals surface area contributed by atoms with E-state index in [0.717, 1.165) is 0 Å². The van der Waals surface area contributed by atoms with E-state index in [1.807, 2.05) is 12.1 Å². The average molecular weight is 1000 g/mol. The van der Waals surface area contributed by atoms with E-state index in [4.69, 9.17) is 85.3 Å². The van der Waals surface area contributed by atoms with Crippen molar-refractivity contribution in [2.45, 2.75) is 12.2 Å². The normalized spacial score (nSPS) is 11.7. The van der Waals surface area contributed by atoms with Gasteiger partial charge in [0.2, 0.25) is 0 Å². The van der Waals surface area contributed by atoms with Gasteiger partial charge in [-0.2, -0.15) is 0 Å². The van der Waals surface area contributed by atoms with Gasteiger partial charge in [-0.05, 0) is 44.0 Å². The average Bonchev–Trinajstić information content (AvgIpc) is 3.24. The van der Waals surface area contributed by atoms with Gasteiger partial charge in [0.25, 0.3) is 0 Å². The molecule has 354 valence electrons. The van der Waals surface area contributed by atoms with E-state index in [9.17, 15) is 0 Å². The lowest BCUT2D eigenvalue weighted by atomic mass is 10.3. The van der Waals surface area contributed by atoms with Crippen molar-refractivity contribution in [3.05, 3.63) is 21.1 Å². The molecule has 20 heteroatoms. The van der Waals surface area contributed by atoms with Gasteiger partial charge in [0, 0.05) is 28.4 Å². The molecule has 0 bridgehead atoms. The number of hydrogen-bond acceptors (Lipinski definition) is 18. The summed E-state index contributed by atoms with van der Waals surface area (Å²) >= 11 is 7.33. The fourth-order valence-corrected chi connectivity index (χ4v) is 5.30. The van der Waals surface area contributed by atoms with Crippen molar-refractivity contribution in [1.29, 1.82) is 0 Å². The van der Waals surface area contributed by atoms with Crippen LogP contribution in [0.5, 0.6) is 11.5 Å². The molecule has 0 radical (unpaired) electrons. The van der Waals surface area contributed by atoms with Crippen molar-refractivity contribution in [2.24, 2.45) is 0 Å². The molecule has 0 aliphatic carbocycles. The molecule has 0 unspecified atom stereocenters. The number of methoxy groups -OCH3 is 4. The molecule has 0 aliphatic heterocycles. The Kier molecular flexibility index (Phi) is 42.6. The molecule has 1 aromatic carbocycles. The van der Waals surface area contributed by atoms with E-state index in [0.29, 0.717) is 179 Å². The van der Waals surface area contributed by atoms with Crippen LogP contribution >= 0.6 is 31.9 Å². The van der Waals surface area contributed by atoms with Crippen molar-refractivity contribution in [2.75, 3.05) is 213 Å². The Morgan fingerprint density at radius 3 is 0.683 bits per heavy atom. The zero-order chi connectivity index (χ0) is 43.4. The van der Waals surface area contributed by atoms with Crippen LogP contribution in [-0.4, -0.2) is 226 Å². The van der Waals surface area contributed by atoms with Gasteiger partial charge >= 0.3 is 0 Å². The van der Waals surface area contributed by atoms with Crippen molar-refractivity contribution in [1.82, 2.24) is 0 Å². The Morgan fingerprint density at radius 2 is 0.483 bits per heavy atom. The number of hydrogen-bond donors (Lipinski definition) is 0. The smallest absolute Gasteiger partial charge is 0.145 e. The summed E-state index contributed by atoms with van der Waals surface area (Å²) in [6.45, 7) is 12.2. The summed E-state index contributed by atoms with van der Waals surface area (Å²) < 4.78 is 102. The molecular formula is C40H72Br2O18. The minimum absolute atomic E-state index is 0.260. The van der Waals surface area contributed by atoms with Gasteiger partial charge in [0.15, 0.2) is 0 Å². The van der Waals surface area contributed by atoms with Crippen molar-refractivity contribution in [3.63, 3.8) is 0 Å². The highest BCUT2D eigenvalue weighted by Gasteiger charge is 2.19. The van der Waals surface area contributed by atoms with Crippen LogP contribution in [0.3, 0.4) is 0 Å². The Labute approximate surface area is 374 Å². The molecule has 18 nitrogen and oxygen atoms in total. The molecule has 1 aromatic rings. The largest absolute Gasteiger partial charge is 0.484 e. The molecule has 0 N–H and O–H groups in total. The van der Waals surface area contributed by atoms with Gasteiger partial charge in [-0.15, -0.1) is 0 Å². The second-order valence-corrected chi connectivity index (χ2v) is 14.1. The predicted molar refractivity (Wildman–Crippen MR) is 228 cm³/mol. The van der Waals surface area contributed by atoms with Crippen LogP contribution in [0.25, 0.3) is 0 Å². The van der Waals surface area contributed by atoms with Gasteiger partial charge in [-0.1, -0.05) is 0 Å². The lowest BCUT2D eigenvalue weighted by Crippen LogP contribution is -2.31. The van der Waals surface area contributed by atoms with E-state index < -0.39 is 12.2 Å². The van der Waals surface area contributed by atoms with Gasteiger partial charge in [0.1, 0.15) is 23.7 Å². The first-order valence-electron chi connectivity index (χ1n) is 20.3. The summed E-state index contributed by atoms with van der Waals surface area (Å²) in [4.78, 5) is 0. The summed E-state index contributed by atoms with van der Waals surface area (Å²) in [5, 5.41) is 0. The van der Waals surface area contributed by atoms with Crippen molar-refractivity contribution >= 4 is 31.9 Å². The van der Waals surface area contributed by atoms with Gasteiger partial charge in [-0.3, -0.25) is 0 Å². The molecule has 0 spiro atoms. The van der Waals surface area contributed by atoms with Crippen LogP contribution in [0, 0.1) is 0 Å². The van der Waals surface area contributed by atoms with Gasteiger partial charge in [-0.25, -0.2) is 0 Å². The second-order valence-electron chi connectivity index (χ2n) is 12.4. The van der Waals surface area contributed by atoms with Crippen LogP contribution < -0.4 is 9.47 Å². The zero-order valence-corrected chi connectivity index (χ0v) is 39.4. The molecule has 1 rings (SSSR count). The first kappa shape index (κ1) is 57.2. The Bertz CT molecular complexity index is 925. The molecule has 0 heterocycles. The first-order valence-corrected chi connectivity index (χ1v) is 21.8. The molecule has 0 amide bonds. The summed E-state index contributed by atoms with van der Waals surface area (Å²) in [5.74, 6) is 1.13. The predicted octanol–water partition coefficient (Wildman–Crippen LogP) is 3.49. The number of rotatable bonds is 48. The fraction of sp³-hybridized carbons (Fsp3) is 0.850. The third kappa shape index (κ3) is 35.6. The van der Waals surface area contributed by atoms with Crippen molar-refractivity contribution < 1.29 is 85.3 Å². The topological polar surface area (TPSA) is 166 Å². The molecule has 0 saturated carbocycles. The number of benzene rings is 1. The Hall–Kier alpha value is -0.860. The van der Waals surface area contributed by atoms with Gasteiger partial charge in [0.05, 0.1) is 194 Å². The highest BCUT2D eigenvalue weighted by molar-refractivity contribution is 9.11. The van der Waals surface area contributed by atoms with E-state index >= 15 is 0 Å². The maximum atomic E-state index is 6.39. The third-order valence-electron chi connectivity index (χ3n) is 7.49. The standard InChI is InChI=1S/C40H72Br2O18/c1-43-5-9-47-13-17-51-21-25-55-31-35(32-56-26-22-52-18-14-48-10-6-44-2)59-39-29-38(42)40(30-37(39)41)60-36(33-57-27-23-53-19-15-49-11-7-45-3)34-58-28-24-54-20-16-50-12-8-46-4/h29-30,35-36H,5-28,31-34H2,1-4H3. The van der Waals surface area contributed by atoms with E-state index in [2.05, 4.69) is 31.9 Å². The van der Waals surface area contributed by atoms with Crippen LogP contribution in [0.2, 0.25) is 0 Å². The quantitative estimate of drug-likeness (QED) is 0.0871. The maximum absolute atomic E-state index is 6.39. The summed E-state index contributed by atoms with van der Waals surface area (Å²) in [7, 11) is 6.54. The number of ether oxygens (including phenoxy) is 18. The minimum Gasteiger partial charge on any atom is -0.484 e. The summed E-state index contributed by atoms with van der Waals surface area (Å²) in [6, 6.07) is 3.66. The molecule has 60 heavy (non-hydrogen) atoms. The SMILES string of the molecule is COCCOCCOCCOCC(COCCOCCOCCOC)Oc1cc(Br)c(OC(COCCOCCOCCOC)COCCOCCOCCOC)cc1Br. The van der Waals surface area contributed by atoms with E-state index in [1.54, 1.807) is 28.4 Å². The van der Waals surface area contributed by atoms with Crippen LogP contribution in [0.1, 0.15) is 0 Å². The Morgan fingerprint density at radius 1 is 0.300 bits per heavy atom. The molecule has 0 atom stereocenters. The van der Waals surface area contributed by atoms with Gasteiger partial charge < -0.3 is 85.3 Å². The van der Waals surface area contributed by atoms with Crippen molar-refractivity contribution in [3.8, 4) is 11.5 Å². The van der Waals surface area contributed by atoms with Crippen LogP contribution in [-0.2, 0) is 75.8 Å². The molecule has 0 saturated heterocycles. The zero-order valence-electron chi connectivity index (χ0n) is 36.2. The lowest BCUT2D eigenvalue weighted by Gasteiger charge is -2.23. The summed E-state index contributed by atoms with van der Waals surface area (Å²) in [6.07, 6.45) is -0.884. The first-order chi connectivity index (χ1) is 29.5. The molecular weight excluding hydrogens is 928 g/mol. The monoisotopic (exact) mass is 998 g/mol. The number of halogens is 2. The Balaban J connectivity index is 2.75. The van der Waals surface area contributed by atoms with Crippen LogP contribution in [0.4, 0.5) is 0 Å². The molecule has 0 aliphatic rings. The highest BCUT2D eigenvalue weighted by atomic mass is 79.9. The molecule has 0 fully saturated rings. The maximum Gasteiger partial charge on any atom is 0.145 e. The fourth-order valence-electron chi connectivity index (χ4n) is 4.47. The van der Waals surface area contributed by atoms with Crippen LogP contribution in [0.15, 0.2) is 21.1 Å². The summed E-state index contributed by atoms with van der Waals surface area (Å²) in [5.41, 5.74) is 0. The lowest BCUT2D eigenvalue weighted by molar-refractivity contribution is -0.0417. The highest BCUT2D eigenvalue weighted by Crippen LogP contribution is 2.37. The minimum atomic E-state index is -0.442. The molecule has 0 aromatic heterocycles. The third-order valence-corrected chi connectivity index (χ3v) is 8.73. The van der Waals surface area contributed by atoms with E-state index in [1.165, 1.54) is 0 Å².